The Morgan fingerprint density at radius 1 is 1.16 bits per heavy atom. The molecule has 0 saturated heterocycles. The van der Waals surface area contributed by atoms with Crippen LogP contribution in [0.15, 0.2) is 36.4 Å². The molecule has 19 heavy (non-hydrogen) atoms. The first-order valence-electron chi connectivity index (χ1n) is 5.57. The molecule has 0 radical (unpaired) electrons. The molecule has 2 rings (SSSR count). The van der Waals surface area contributed by atoms with Crippen molar-refractivity contribution in [2.24, 2.45) is 0 Å². The molecular weight excluding hydrogens is 249 g/mol. The minimum atomic E-state index is -0.830. The zero-order chi connectivity index (χ0) is 14.0. The van der Waals surface area contributed by atoms with E-state index in [1.54, 1.807) is 13.0 Å². The smallest absolute Gasteiger partial charge is 0.262 e. The lowest BCUT2D eigenvalue weighted by Gasteiger charge is -2.09. The first-order valence-corrected chi connectivity index (χ1v) is 5.57. The lowest BCUT2D eigenvalue weighted by atomic mass is 10.1. The number of aromatic hydroxyl groups is 2. The van der Waals surface area contributed by atoms with E-state index in [0.717, 1.165) is 11.6 Å². The molecule has 0 aromatic heterocycles. The molecule has 0 spiro atoms. The highest BCUT2D eigenvalue weighted by atomic mass is 19.1. The Kier molecular flexibility index (Phi) is 3.37. The molecule has 0 unspecified atom stereocenters. The van der Waals surface area contributed by atoms with Crippen molar-refractivity contribution in [1.29, 1.82) is 0 Å². The van der Waals surface area contributed by atoms with E-state index >= 15 is 0 Å². The van der Waals surface area contributed by atoms with Crippen LogP contribution in [0.1, 0.15) is 15.9 Å². The Labute approximate surface area is 109 Å². The molecule has 0 heterocycles. The molecule has 0 atom stereocenters. The van der Waals surface area contributed by atoms with Crippen molar-refractivity contribution in [2.75, 3.05) is 5.32 Å². The number of anilines is 1. The minimum Gasteiger partial charge on any atom is -0.507 e. The summed E-state index contributed by atoms with van der Waals surface area (Å²) < 4.78 is 13.5. The Morgan fingerprint density at radius 2 is 1.89 bits per heavy atom. The molecular formula is C14H12FNO3. The first-order chi connectivity index (χ1) is 8.99. The van der Waals surface area contributed by atoms with Crippen LogP contribution in [0.2, 0.25) is 0 Å². The number of aryl methyl sites for hydroxylation is 1. The van der Waals surface area contributed by atoms with Gasteiger partial charge in [-0.15, -0.1) is 0 Å². The van der Waals surface area contributed by atoms with Crippen LogP contribution in [0.4, 0.5) is 10.1 Å². The molecule has 2 aromatic rings. The van der Waals surface area contributed by atoms with E-state index in [0.29, 0.717) is 0 Å². The van der Waals surface area contributed by atoms with Gasteiger partial charge in [0, 0.05) is 0 Å². The number of carbonyl (C=O) groups is 1. The number of amides is 1. The summed E-state index contributed by atoms with van der Waals surface area (Å²) in [6.07, 6.45) is 0. The number of phenolic OH excluding ortho intramolecular Hbond substituents is 2. The lowest BCUT2D eigenvalue weighted by molar-refractivity contribution is 0.102. The summed E-state index contributed by atoms with van der Waals surface area (Å²) in [5.41, 5.74) is 0.518. The molecule has 1 amide bonds. The summed E-state index contributed by atoms with van der Waals surface area (Å²) in [6, 6.07) is 8.25. The van der Waals surface area contributed by atoms with Crippen LogP contribution >= 0.6 is 0 Å². The number of benzene rings is 2. The quantitative estimate of drug-likeness (QED) is 0.728. The van der Waals surface area contributed by atoms with Crippen LogP contribution in [0.25, 0.3) is 0 Å². The maximum atomic E-state index is 13.5. The van der Waals surface area contributed by atoms with Crippen LogP contribution in [0, 0.1) is 12.7 Å². The van der Waals surface area contributed by atoms with E-state index in [1.165, 1.54) is 24.3 Å². The number of nitrogens with one attached hydrogen (secondary N) is 1. The summed E-state index contributed by atoms with van der Waals surface area (Å²) in [6.45, 7) is 1.79. The van der Waals surface area contributed by atoms with Gasteiger partial charge in [0.15, 0.2) is 0 Å². The molecule has 0 bridgehead atoms. The van der Waals surface area contributed by atoms with Gasteiger partial charge in [0.05, 0.1) is 5.69 Å². The average molecular weight is 261 g/mol. The summed E-state index contributed by atoms with van der Waals surface area (Å²) in [4.78, 5) is 11.9. The van der Waals surface area contributed by atoms with Crippen molar-refractivity contribution >= 4 is 11.6 Å². The SMILES string of the molecule is Cc1ccc(NC(=O)c2c(O)cccc2F)c(O)c1. The van der Waals surface area contributed by atoms with E-state index in [4.69, 9.17) is 0 Å². The van der Waals surface area contributed by atoms with Crippen LogP contribution in [-0.4, -0.2) is 16.1 Å². The third-order valence-corrected chi connectivity index (χ3v) is 2.62. The van der Waals surface area contributed by atoms with Gasteiger partial charge < -0.3 is 15.5 Å². The number of phenols is 2. The standard InChI is InChI=1S/C14H12FNO3/c1-8-5-6-10(12(18)7-8)16-14(19)13-9(15)3-2-4-11(13)17/h2-7,17-18H,1H3,(H,16,19). The van der Waals surface area contributed by atoms with Gasteiger partial charge in [-0.3, -0.25) is 4.79 Å². The largest absolute Gasteiger partial charge is 0.507 e. The summed E-state index contributed by atoms with van der Waals surface area (Å²) >= 11 is 0. The van der Waals surface area contributed by atoms with Gasteiger partial charge >= 0.3 is 0 Å². The fourth-order valence-corrected chi connectivity index (χ4v) is 1.67. The third-order valence-electron chi connectivity index (χ3n) is 2.62. The highest BCUT2D eigenvalue weighted by molar-refractivity contribution is 6.06. The van der Waals surface area contributed by atoms with Crippen molar-refractivity contribution in [1.82, 2.24) is 0 Å². The van der Waals surface area contributed by atoms with Crippen LogP contribution in [-0.2, 0) is 0 Å². The van der Waals surface area contributed by atoms with Gasteiger partial charge in [-0.2, -0.15) is 0 Å². The second kappa shape index (κ2) is 4.97. The van der Waals surface area contributed by atoms with Crippen molar-refractivity contribution in [3.8, 4) is 11.5 Å². The molecule has 2 aromatic carbocycles. The molecule has 4 nitrogen and oxygen atoms in total. The zero-order valence-electron chi connectivity index (χ0n) is 10.1. The predicted octanol–water partition coefficient (Wildman–Crippen LogP) is 2.80. The van der Waals surface area contributed by atoms with Gasteiger partial charge in [-0.25, -0.2) is 4.39 Å². The topological polar surface area (TPSA) is 69.6 Å². The van der Waals surface area contributed by atoms with Crippen molar-refractivity contribution in [3.05, 3.63) is 53.3 Å². The second-order valence-electron chi connectivity index (χ2n) is 4.11. The van der Waals surface area contributed by atoms with Crippen molar-refractivity contribution in [2.45, 2.75) is 6.92 Å². The monoisotopic (exact) mass is 261 g/mol. The summed E-state index contributed by atoms with van der Waals surface area (Å²) in [5.74, 6) is -2.23. The van der Waals surface area contributed by atoms with Gasteiger partial charge in [0.25, 0.3) is 5.91 Å². The Morgan fingerprint density at radius 3 is 2.53 bits per heavy atom. The number of rotatable bonds is 2. The predicted molar refractivity (Wildman–Crippen MR) is 68.9 cm³/mol. The van der Waals surface area contributed by atoms with Crippen LogP contribution < -0.4 is 5.32 Å². The highest BCUT2D eigenvalue weighted by Gasteiger charge is 2.17. The molecule has 0 aliphatic rings. The Bertz CT molecular complexity index is 620. The second-order valence-corrected chi connectivity index (χ2v) is 4.11. The van der Waals surface area contributed by atoms with Gasteiger partial charge in [0.2, 0.25) is 0 Å². The summed E-state index contributed by atoms with van der Waals surface area (Å²) in [5, 5.41) is 21.5. The first kappa shape index (κ1) is 12.9. The fourth-order valence-electron chi connectivity index (χ4n) is 1.67. The van der Waals surface area contributed by atoms with E-state index in [-0.39, 0.29) is 11.4 Å². The molecule has 5 heteroatoms. The maximum Gasteiger partial charge on any atom is 0.262 e. The van der Waals surface area contributed by atoms with E-state index in [1.807, 2.05) is 0 Å². The Balaban J connectivity index is 2.31. The normalized spacial score (nSPS) is 10.2. The summed E-state index contributed by atoms with van der Waals surface area (Å²) in [7, 11) is 0. The highest BCUT2D eigenvalue weighted by Crippen LogP contribution is 2.26. The minimum absolute atomic E-state index is 0.121. The average Bonchev–Trinajstić information content (AvgIpc) is 2.32. The molecule has 0 fully saturated rings. The van der Waals surface area contributed by atoms with Crippen LogP contribution in [0.3, 0.4) is 0 Å². The number of carbonyl (C=O) groups excluding carboxylic acids is 1. The lowest BCUT2D eigenvalue weighted by Crippen LogP contribution is -2.14. The van der Waals surface area contributed by atoms with Crippen molar-refractivity contribution in [3.63, 3.8) is 0 Å². The maximum absolute atomic E-state index is 13.5. The van der Waals surface area contributed by atoms with E-state index < -0.39 is 23.0 Å². The fraction of sp³-hybridized carbons (Fsp3) is 0.0714. The molecule has 0 aliphatic carbocycles. The number of hydrogen-bond acceptors (Lipinski definition) is 3. The third kappa shape index (κ3) is 2.65. The molecule has 0 saturated carbocycles. The number of hydrogen-bond donors (Lipinski definition) is 3. The van der Waals surface area contributed by atoms with E-state index in [2.05, 4.69) is 5.32 Å². The van der Waals surface area contributed by atoms with Gasteiger partial charge in [-0.1, -0.05) is 12.1 Å². The van der Waals surface area contributed by atoms with Crippen molar-refractivity contribution < 1.29 is 19.4 Å². The van der Waals surface area contributed by atoms with Gasteiger partial charge in [0.1, 0.15) is 22.9 Å². The molecule has 0 aliphatic heterocycles. The van der Waals surface area contributed by atoms with E-state index in [9.17, 15) is 19.4 Å². The molecule has 98 valence electrons. The zero-order valence-corrected chi connectivity index (χ0v) is 10.1. The number of halogens is 1. The van der Waals surface area contributed by atoms with Crippen LogP contribution in [0.5, 0.6) is 11.5 Å². The molecule has 3 N–H and O–H groups in total. The Hall–Kier alpha value is -2.56. The van der Waals surface area contributed by atoms with Gasteiger partial charge in [-0.05, 0) is 36.8 Å².